The van der Waals surface area contributed by atoms with Crippen LogP contribution in [0.5, 0.6) is 0 Å². The second-order valence-electron chi connectivity index (χ2n) is 6.95. The molecule has 0 aliphatic rings. The lowest BCUT2D eigenvalue weighted by Crippen LogP contribution is -2.39. The van der Waals surface area contributed by atoms with E-state index in [9.17, 15) is 14.4 Å². The van der Waals surface area contributed by atoms with Gasteiger partial charge in [0, 0.05) is 4.88 Å². The van der Waals surface area contributed by atoms with Crippen molar-refractivity contribution in [2.45, 2.75) is 33.1 Å². The third-order valence-electron chi connectivity index (χ3n) is 4.71. The second kappa shape index (κ2) is 10.7. The average Bonchev–Trinajstić information content (AvgIpc) is 3.19. The molecule has 31 heavy (non-hydrogen) atoms. The number of benzene rings is 2. The van der Waals surface area contributed by atoms with E-state index in [4.69, 9.17) is 4.74 Å². The predicted molar refractivity (Wildman–Crippen MR) is 122 cm³/mol. The minimum absolute atomic E-state index is 0.0585. The molecule has 0 saturated heterocycles. The highest BCUT2D eigenvalue weighted by Gasteiger charge is 2.30. The SMILES string of the molecule is CCOC(=O)c1cc(CC)sc1N(C(=O)Cc1ccccc1)C(=O)Cc1ccccc1. The molecule has 0 fully saturated rings. The molecule has 0 bridgehead atoms. The molecule has 1 aromatic heterocycles. The van der Waals surface area contributed by atoms with E-state index in [0.29, 0.717) is 11.4 Å². The molecular weight excluding hydrogens is 410 g/mol. The van der Waals surface area contributed by atoms with Crippen molar-refractivity contribution < 1.29 is 19.1 Å². The van der Waals surface area contributed by atoms with Crippen LogP contribution in [0.3, 0.4) is 0 Å². The number of rotatable bonds is 8. The standard InChI is InChI=1S/C25H25NO4S/c1-3-20-17-21(25(29)30-4-2)24(31-20)26(22(27)15-18-11-7-5-8-12-18)23(28)16-19-13-9-6-10-14-19/h5-14,17H,3-4,15-16H2,1-2H3. The van der Waals surface area contributed by atoms with Gasteiger partial charge in [0.25, 0.3) is 0 Å². The molecule has 2 aromatic carbocycles. The molecule has 6 heteroatoms. The number of anilines is 1. The van der Waals surface area contributed by atoms with Gasteiger partial charge in [0.05, 0.1) is 25.0 Å². The van der Waals surface area contributed by atoms with Gasteiger partial charge in [-0.15, -0.1) is 11.3 Å². The summed E-state index contributed by atoms with van der Waals surface area (Å²) in [4.78, 5) is 41.3. The first kappa shape index (κ1) is 22.4. The molecule has 0 aliphatic carbocycles. The Labute approximate surface area is 186 Å². The lowest BCUT2D eigenvalue weighted by Gasteiger charge is -2.21. The number of amides is 2. The van der Waals surface area contributed by atoms with Crippen LogP contribution in [-0.4, -0.2) is 24.4 Å². The zero-order valence-electron chi connectivity index (χ0n) is 17.7. The van der Waals surface area contributed by atoms with E-state index >= 15 is 0 Å². The van der Waals surface area contributed by atoms with Crippen molar-refractivity contribution in [1.29, 1.82) is 0 Å². The summed E-state index contributed by atoms with van der Waals surface area (Å²) < 4.78 is 5.19. The molecule has 0 spiro atoms. The van der Waals surface area contributed by atoms with Gasteiger partial charge >= 0.3 is 5.97 Å². The van der Waals surface area contributed by atoms with E-state index in [-0.39, 0.29) is 36.8 Å². The van der Waals surface area contributed by atoms with Gasteiger partial charge in [-0.05, 0) is 30.5 Å². The highest BCUT2D eigenvalue weighted by atomic mass is 32.1. The highest BCUT2D eigenvalue weighted by Crippen LogP contribution is 2.34. The van der Waals surface area contributed by atoms with Crippen LogP contribution in [0.15, 0.2) is 66.7 Å². The average molecular weight is 436 g/mol. The summed E-state index contributed by atoms with van der Waals surface area (Å²) in [5.74, 6) is -1.28. The fourth-order valence-electron chi connectivity index (χ4n) is 3.19. The summed E-state index contributed by atoms with van der Waals surface area (Å²) >= 11 is 1.28. The van der Waals surface area contributed by atoms with Crippen LogP contribution in [0.2, 0.25) is 0 Å². The number of ether oxygens (including phenoxy) is 1. The van der Waals surface area contributed by atoms with Gasteiger partial charge in [-0.2, -0.15) is 0 Å². The van der Waals surface area contributed by atoms with Gasteiger partial charge < -0.3 is 4.74 Å². The van der Waals surface area contributed by atoms with E-state index in [0.717, 1.165) is 20.9 Å². The largest absolute Gasteiger partial charge is 0.462 e. The Hall–Kier alpha value is -3.25. The summed E-state index contributed by atoms with van der Waals surface area (Å²) in [5.41, 5.74) is 1.86. The van der Waals surface area contributed by atoms with Gasteiger partial charge in [-0.1, -0.05) is 67.6 Å². The number of carbonyl (C=O) groups is 3. The molecule has 0 saturated carbocycles. The van der Waals surface area contributed by atoms with Crippen molar-refractivity contribution in [3.63, 3.8) is 0 Å². The van der Waals surface area contributed by atoms with Crippen molar-refractivity contribution >= 4 is 34.1 Å². The van der Waals surface area contributed by atoms with E-state index in [1.54, 1.807) is 13.0 Å². The van der Waals surface area contributed by atoms with Gasteiger partial charge in [-0.25, -0.2) is 9.69 Å². The van der Waals surface area contributed by atoms with Crippen LogP contribution in [0.4, 0.5) is 5.00 Å². The Balaban J connectivity index is 2.01. The quantitative estimate of drug-likeness (QED) is 0.475. The van der Waals surface area contributed by atoms with Crippen LogP contribution >= 0.6 is 11.3 Å². The minimum atomic E-state index is -0.529. The number of thiophene rings is 1. The summed E-state index contributed by atoms with van der Waals surface area (Å²) in [5, 5.41) is 0.331. The number of esters is 1. The molecule has 0 unspecified atom stereocenters. The molecule has 3 rings (SSSR count). The van der Waals surface area contributed by atoms with Crippen molar-refractivity contribution in [3.05, 3.63) is 88.3 Å². The van der Waals surface area contributed by atoms with E-state index in [1.165, 1.54) is 11.3 Å². The first-order chi connectivity index (χ1) is 15.0. The number of imide groups is 1. The van der Waals surface area contributed by atoms with Crippen molar-refractivity contribution in [2.24, 2.45) is 0 Å². The zero-order valence-corrected chi connectivity index (χ0v) is 18.5. The third kappa shape index (κ3) is 5.67. The molecule has 0 aliphatic heterocycles. The fourth-order valence-corrected chi connectivity index (χ4v) is 4.31. The Kier molecular flexibility index (Phi) is 7.73. The molecule has 3 aromatic rings. The van der Waals surface area contributed by atoms with E-state index in [1.807, 2.05) is 67.6 Å². The van der Waals surface area contributed by atoms with Gasteiger partial charge in [-0.3, -0.25) is 9.59 Å². The maximum absolute atomic E-state index is 13.3. The van der Waals surface area contributed by atoms with Crippen molar-refractivity contribution in [2.75, 3.05) is 11.5 Å². The summed E-state index contributed by atoms with van der Waals surface area (Å²) in [6.45, 7) is 3.90. The first-order valence-corrected chi connectivity index (χ1v) is 11.1. The molecule has 0 atom stereocenters. The fraction of sp³-hybridized carbons (Fsp3) is 0.240. The predicted octanol–water partition coefficient (Wildman–Crippen LogP) is 4.83. The van der Waals surface area contributed by atoms with Crippen LogP contribution in [-0.2, 0) is 33.6 Å². The van der Waals surface area contributed by atoms with Crippen LogP contribution in [0, 0.1) is 0 Å². The minimum Gasteiger partial charge on any atom is -0.462 e. The van der Waals surface area contributed by atoms with Crippen LogP contribution < -0.4 is 4.90 Å². The molecule has 5 nitrogen and oxygen atoms in total. The zero-order chi connectivity index (χ0) is 22.2. The summed E-state index contributed by atoms with van der Waals surface area (Å²) in [7, 11) is 0. The van der Waals surface area contributed by atoms with Crippen molar-refractivity contribution in [3.8, 4) is 0 Å². The summed E-state index contributed by atoms with van der Waals surface area (Å²) in [6, 6.07) is 20.2. The molecular formula is C25H25NO4S. The van der Waals surface area contributed by atoms with E-state index in [2.05, 4.69) is 0 Å². The number of aryl methyl sites for hydroxylation is 1. The highest BCUT2D eigenvalue weighted by molar-refractivity contribution is 7.17. The van der Waals surface area contributed by atoms with E-state index < -0.39 is 5.97 Å². The molecule has 1 heterocycles. The maximum atomic E-state index is 13.3. The third-order valence-corrected chi connectivity index (χ3v) is 5.97. The Morgan fingerprint density at radius 2 is 1.35 bits per heavy atom. The van der Waals surface area contributed by atoms with Crippen LogP contribution in [0.25, 0.3) is 0 Å². The lowest BCUT2D eigenvalue weighted by atomic mass is 10.1. The maximum Gasteiger partial charge on any atom is 0.341 e. The number of carbonyl (C=O) groups excluding carboxylic acids is 3. The number of hydrogen-bond acceptors (Lipinski definition) is 5. The Bertz CT molecular complexity index is 990. The molecule has 160 valence electrons. The van der Waals surface area contributed by atoms with Gasteiger partial charge in [0.2, 0.25) is 11.8 Å². The molecule has 0 radical (unpaired) electrons. The second-order valence-corrected chi connectivity index (χ2v) is 8.07. The number of nitrogens with zero attached hydrogens (tertiary/aromatic N) is 1. The van der Waals surface area contributed by atoms with Crippen LogP contribution in [0.1, 0.15) is 40.2 Å². The Morgan fingerprint density at radius 1 is 0.839 bits per heavy atom. The van der Waals surface area contributed by atoms with Gasteiger partial charge in [0.1, 0.15) is 5.00 Å². The monoisotopic (exact) mass is 435 g/mol. The lowest BCUT2D eigenvalue weighted by molar-refractivity contribution is -0.125. The molecule has 0 N–H and O–H groups in total. The summed E-state index contributed by atoms with van der Waals surface area (Å²) in [6.07, 6.45) is 0.802. The Morgan fingerprint density at radius 3 is 1.81 bits per heavy atom. The number of hydrogen-bond donors (Lipinski definition) is 0. The van der Waals surface area contributed by atoms with Crippen molar-refractivity contribution in [1.82, 2.24) is 0 Å². The topological polar surface area (TPSA) is 63.7 Å². The first-order valence-electron chi connectivity index (χ1n) is 10.3. The smallest absolute Gasteiger partial charge is 0.341 e. The molecule has 2 amide bonds. The van der Waals surface area contributed by atoms with Gasteiger partial charge in [0.15, 0.2) is 0 Å². The normalized spacial score (nSPS) is 10.5.